The summed E-state index contributed by atoms with van der Waals surface area (Å²) in [5.41, 5.74) is 0. The molecule has 0 aromatic carbocycles. The van der Waals surface area contributed by atoms with Crippen LogP contribution in [0.1, 0.15) is 6.42 Å². The monoisotopic (exact) mass is 135 g/mol. The summed E-state index contributed by atoms with van der Waals surface area (Å²) in [6.45, 7) is -0.284. The molecule has 46 valence electrons. The Kier molecular flexibility index (Phi) is 2.77. The van der Waals surface area contributed by atoms with Gasteiger partial charge in [0.2, 0.25) is 5.06 Å². The van der Waals surface area contributed by atoms with Gasteiger partial charge in [0.05, 0.1) is 0 Å². The van der Waals surface area contributed by atoms with E-state index in [4.69, 9.17) is 27.1 Å². The van der Waals surface area contributed by atoms with E-state index < -0.39 is 5.06 Å². The van der Waals surface area contributed by atoms with Gasteiger partial charge in [-0.15, -0.1) is 0 Å². The summed E-state index contributed by atoms with van der Waals surface area (Å²) in [5.74, 6) is 0. The Morgan fingerprint density at radius 3 is 2.38 bits per heavy atom. The van der Waals surface area contributed by atoms with Crippen molar-refractivity contribution in [1.29, 1.82) is 5.26 Å². The van der Waals surface area contributed by atoms with E-state index in [1.54, 1.807) is 0 Å². The first-order valence-electron chi connectivity index (χ1n) is 2.06. The standard InChI is InChI=1S/C4H6ClNO2/c5-4(8,3-6)1-2-7/h7-8H,1-2H2. The third-order valence-electron chi connectivity index (χ3n) is 0.614. The molecule has 0 aromatic rings. The van der Waals surface area contributed by atoms with Crippen LogP contribution >= 0.6 is 11.6 Å². The van der Waals surface area contributed by atoms with Gasteiger partial charge in [-0.2, -0.15) is 5.26 Å². The van der Waals surface area contributed by atoms with Crippen LogP contribution < -0.4 is 0 Å². The maximum Gasteiger partial charge on any atom is 0.228 e. The van der Waals surface area contributed by atoms with Crippen molar-refractivity contribution in [3.8, 4) is 6.07 Å². The molecule has 1 unspecified atom stereocenters. The van der Waals surface area contributed by atoms with Gasteiger partial charge in [0.25, 0.3) is 0 Å². The summed E-state index contributed by atoms with van der Waals surface area (Å²) < 4.78 is 0. The zero-order valence-electron chi connectivity index (χ0n) is 4.13. The van der Waals surface area contributed by atoms with Crippen molar-refractivity contribution in [1.82, 2.24) is 0 Å². The fourth-order valence-corrected chi connectivity index (χ4v) is 0.289. The number of aliphatic hydroxyl groups is 2. The maximum atomic E-state index is 8.57. The molecule has 1 atom stereocenters. The van der Waals surface area contributed by atoms with Gasteiger partial charge in [-0.25, -0.2) is 0 Å². The van der Waals surface area contributed by atoms with Crippen molar-refractivity contribution in [3.05, 3.63) is 0 Å². The van der Waals surface area contributed by atoms with Crippen LogP contribution in [0.15, 0.2) is 0 Å². The van der Waals surface area contributed by atoms with Crippen molar-refractivity contribution in [2.24, 2.45) is 0 Å². The summed E-state index contributed by atoms with van der Waals surface area (Å²) in [5, 5.41) is 22.8. The van der Waals surface area contributed by atoms with E-state index in [9.17, 15) is 0 Å². The Hall–Kier alpha value is -0.300. The second kappa shape index (κ2) is 2.88. The van der Waals surface area contributed by atoms with E-state index in [-0.39, 0.29) is 13.0 Å². The van der Waals surface area contributed by atoms with E-state index in [0.29, 0.717) is 0 Å². The van der Waals surface area contributed by atoms with E-state index in [1.807, 2.05) is 0 Å². The molecule has 0 heterocycles. The van der Waals surface area contributed by atoms with Gasteiger partial charge in [-0.05, 0) is 0 Å². The van der Waals surface area contributed by atoms with Crippen molar-refractivity contribution >= 4 is 11.6 Å². The van der Waals surface area contributed by atoms with Gasteiger partial charge in [0, 0.05) is 13.0 Å². The molecule has 2 N–H and O–H groups in total. The number of aliphatic hydroxyl groups excluding tert-OH is 1. The smallest absolute Gasteiger partial charge is 0.228 e. The number of alkyl halides is 1. The first-order valence-corrected chi connectivity index (χ1v) is 2.43. The van der Waals surface area contributed by atoms with Gasteiger partial charge in [0.1, 0.15) is 6.07 Å². The molecule has 0 saturated carbocycles. The summed E-state index contributed by atoms with van der Waals surface area (Å²) >= 11 is 5.06. The van der Waals surface area contributed by atoms with E-state index in [0.717, 1.165) is 0 Å². The lowest BCUT2D eigenvalue weighted by molar-refractivity contribution is 0.141. The van der Waals surface area contributed by atoms with E-state index in [2.05, 4.69) is 0 Å². The maximum absolute atomic E-state index is 8.57. The third-order valence-corrected chi connectivity index (χ3v) is 0.888. The molecule has 0 bridgehead atoms. The minimum Gasteiger partial charge on any atom is -0.396 e. The number of nitrogens with zero attached hydrogens (tertiary/aromatic N) is 1. The topological polar surface area (TPSA) is 64.2 Å². The first kappa shape index (κ1) is 7.70. The SMILES string of the molecule is N#CC(O)(Cl)CCO. The summed E-state index contributed by atoms with van der Waals surface area (Å²) in [6, 6.07) is 1.40. The Morgan fingerprint density at radius 1 is 1.75 bits per heavy atom. The quantitative estimate of drug-likeness (QED) is 0.408. The van der Waals surface area contributed by atoms with Crippen molar-refractivity contribution in [2.45, 2.75) is 11.5 Å². The molecule has 0 spiro atoms. The predicted octanol–water partition coefficient (Wildman–Crippen LogP) is -0.180. The van der Waals surface area contributed by atoms with Crippen LogP contribution in [0.5, 0.6) is 0 Å². The summed E-state index contributed by atoms with van der Waals surface area (Å²) in [6.07, 6.45) is -0.120. The molecule has 0 fully saturated rings. The second-order valence-corrected chi connectivity index (χ2v) is 1.97. The highest BCUT2D eigenvalue weighted by molar-refractivity contribution is 6.24. The zero-order valence-corrected chi connectivity index (χ0v) is 4.89. The lowest BCUT2D eigenvalue weighted by Crippen LogP contribution is -2.18. The van der Waals surface area contributed by atoms with Crippen molar-refractivity contribution in [3.63, 3.8) is 0 Å². The van der Waals surface area contributed by atoms with Crippen LogP contribution in [-0.2, 0) is 0 Å². The van der Waals surface area contributed by atoms with Gasteiger partial charge in [-0.3, -0.25) is 0 Å². The molecule has 0 radical (unpaired) electrons. The normalized spacial score (nSPS) is 16.8. The Morgan fingerprint density at radius 2 is 2.25 bits per heavy atom. The van der Waals surface area contributed by atoms with Crippen LogP contribution in [0.2, 0.25) is 0 Å². The van der Waals surface area contributed by atoms with Crippen molar-refractivity contribution in [2.75, 3.05) is 6.61 Å². The number of halogens is 1. The predicted molar refractivity (Wildman–Crippen MR) is 28.1 cm³/mol. The third kappa shape index (κ3) is 2.80. The number of hydrogen-bond donors (Lipinski definition) is 2. The molecule has 0 aliphatic rings. The van der Waals surface area contributed by atoms with Gasteiger partial charge in [0.15, 0.2) is 0 Å². The number of nitriles is 1. The van der Waals surface area contributed by atoms with Crippen LogP contribution in [-0.4, -0.2) is 21.9 Å². The average molecular weight is 136 g/mol. The molecule has 0 saturated heterocycles. The Bertz CT molecular complexity index is 107. The largest absolute Gasteiger partial charge is 0.396 e. The highest BCUT2D eigenvalue weighted by atomic mass is 35.5. The van der Waals surface area contributed by atoms with Gasteiger partial charge in [-0.1, -0.05) is 11.6 Å². The van der Waals surface area contributed by atoms with Crippen molar-refractivity contribution < 1.29 is 10.2 Å². The first-order chi connectivity index (χ1) is 3.62. The zero-order chi connectivity index (χ0) is 6.62. The molecule has 0 aromatic heterocycles. The Labute approximate surface area is 52.1 Å². The lowest BCUT2D eigenvalue weighted by Gasteiger charge is -2.06. The fourth-order valence-electron chi connectivity index (χ4n) is 0.204. The molecule has 8 heavy (non-hydrogen) atoms. The molecule has 4 heteroatoms. The molecule has 0 aliphatic carbocycles. The summed E-state index contributed by atoms with van der Waals surface area (Å²) in [7, 11) is 0. The van der Waals surface area contributed by atoms with Gasteiger partial charge < -0.3 is 10.2 Å². The van der Waals surface area contributed by atoms with E-state index >= 15 is 0 Å². The minimum atomic E-state index is -1.88. The average Bonchev–Trinajstić information content (AvgIpc) is 1.67. The number of rotatable bonds is 2. The molecule has 3 nitrogen and oxygen atoms in total. The molecule has 0 aliphatic heterocycles. The summed E-state index contributed by atoms with van der Waals surface area (Å²) in [4.78, 5) is 0. The molecular formula is C4H6ClNO2. The highest BCUT2D eigenvalue weighted by Gasteiger charge is 2.20. The fraction of sp³-hybridized carbons (Fsp3) is 0.750. The molecule has 0 rings (SSSR count). The molecule has 0 amide bonds. The van der Waals surface area contributed by atoms with Crippen LogP contribution in [0.25, 0.3) is 0 Å². The number of hydrogen-bond acceptors (Lipinski definition) is 3. The Balaban J connectivity index is 3.59. The van der Waals surface area contributed by atoms with Crippen LogP contribution in [0.4, 0.5) is 0 Å². The minimum absolute atomic E-state index is 0.120. The van der Waals surface area contributed by atoms with Crippen LogP contribution in [0, 0.1) is 11.3 Å². The second-order valence-electron chi connectivity index (χ2n) is 1.34. The van der Waals surface area contributed by atoms with Crippen LogP contribution in [0.3, 0.4) is 0 Å². The molecular weight excluding hydrogens is 130 g/mol. The van der Waals surface area contributed by atoms with E-state index in [1.165, 1.54) is 6.07 Å². The lowest BCUT2D eigenvalue weighted by atomic mass is 10.3. The highest BCUT2D eigenvalue weighted by Crippen LogP contribution is 2.12. The van der Waals surface area contributed by atoms with Gasteiger partial charge >= 0.3 is 0 Å².